The molecule has 0 atom stereocenters. The zero-order valence-electron chi connectivity index (χ0n) is 15.9. The van der Waals surface area contributed by atoms with Gasteiger partial charge in [-0.05, 0) is 37.6 Å². The topological polar surface area (TPSA) is 80.0 Å². The highest BCUT2D eigenvalue weighted by Crippen LogP contribution is 2.30. The van der Waals surface area contributed by atoms with Crippen molar-refractivity contribution in [3.63, 3.8) is 0 Å². The standard InChI is InChI=1S/C21H21N5S.H2O/c1-3-25-19(14-16(2)24-25)20-22-23-21(26(20)18-12-8-5-9-13-18)27-15-17-10-6-4-7-11-17;/h4-14H,3,15H2,1-2H3;1H2. The summed E-state index contributed by atoms with van der Waals surface area (Å²) in [6.07, 6.45) is 0. The summed E-state index contributed by atoms with van der Waals surface area (Å²) in [5.74, 6) is 1.66. The van der Waals surface area contributed by atoms with E-state index in [4.69, 9.17) is 0 Å². The number of para-hydroxylation sites is 1. The van der Waals surface area contributed by atoms with E-state index < -0.39 is 0 Å². The van der Waals surface area contributed by atoms with Crippen LogP contribution in [0.3, 0.4) is 0 Å². The van der Waals surface area contributed by atoms with Gasteiger partial charge < -0.3 is 5.48 Å². The highest BCUT2D eigenvalue weighted by molar-refractivity contribution is 7.98. The van der Waals surface area contributed by atoms with Gasteiger partial charge in [0.1, 0.15) is 5.69 Å². The Morgan fingerprint density at radius 3 is 2.29 bits per heavy atom. The molecule has 0 aliphatic heterocycles. The third kappa shape index (κ3) is 4.00. The molecular formula is C21H23N5OS. The molecule has 0 saturated carbocycles. The second-order valence-electron chi connectivity index (χ2n) is 6.24. The van der Waals surface area contributed by atoms with Crippen LogP contribution < -0.4 is 0 Å². The molecule has 7 heteroatoms. The fraction of sp³-hybridized carbons (Fsp3) is 0.190. The monoisotopic (exact) mass is 393 g/mol. The summed E-state index contributed by atoms with van der Waals surface area (Å²) in [4.78, 5) is 0. The molecule has 2 aromatic heterocycles. The SMILES string of the molecule is CCn1nc(C)cc1-c1nnc(SCc2ccccc2)n1-c1ccccc1.O. The van der Waals surface area contributed by atoms with E-state index >= 15 is 0 Å². The average Bonchev–Trinajstić information content (AvgIpc) is 3.30. The van der Waals surface area contributed by atoms with E-state index in [1.54, 1.807) is 11.8 Å². The van der Waals surface area contributed by atoms with Gasteiger partial charge in [0.25, 0.3) is 0 Å². The molecule has 0 unspecified atom stereocenters. The molecular weight excluding hydrogens is 370 g/mol. The van der Waals surface area contributed by atoms with E-state index in [0.717, 1.165) is 40.4 Å². The van der Waals surface area contributed by atoms with Gasteiger partial charge in [0, 0.05) is 18.0 Å². The molecule has 0 aliphatic rings. The molecule has 0 saturated heterocycles. The Balaban J connectivity index is 0.00000225. The van der Waals surface area contributed by atoms with Crippen LogP contribution in [-0.4, -0.2) is 30.0 Å². The van der Waals surface area contributed by atoms with Crippen molar-refractivity contribution in [2.24, 2.45) is 0 Å². The molecule has 0 radical (unpaired) electrons. The highest BCUT2D eigenvalue weighted by atomic mass is 32.2. The Labute approximate surface area is 168 Å². The maximum atomic E-state index is 4.57. The molecule has 0 aliphatic carbocycles. The Bertz CT molecular complexity index is 1030. The first-order valence-electron chi connectivity index (χ1n) is 8.98. The van der Waals surface area contributed by atoms with Crippen molar-refractivity contribution in [1.29, 1.82) is 0 Å². The van der Waals surface area contributed by atoms with E-state index in [-0.39, 0.29) is 5.48 Å². The molecule has 28 heavy (non-hydrogen) atoms. The quantitative estimate of drug-likeness (QED) is 0.465. The predicted octanol–water partition coefficient (Wildman–Crippen LogP) is 3.93. The fourth-order valence-electron chi connectivity index (χ4n) is 3.03. The molecule has 0 bridgehead atoms. The lowest BCUT2D eigenvalue weighted by Gasteiger charge is -2.11. The Morgan fingerprint density at radius 2 is 1.61 bits per heavy atom. The van der Waals surface area contributed by atoms with Crippen LogP contribution in [0.1, 0.15) is 18.2 Å². The average molecular weight is 394 g/mol. The van der Waals surface area contributed by atoms with Crippen LogP contribution in [0.25, 0.3) is 17.2 Å². The van der Waals surface area contributed by atoms with Gasteiger partial charge in [-0.15, -0.1) is 10.2 Å². The lowest BCUT2D eigenvalue weighted by atomic mass is 10.2. The lowest BCUT2D eigenvalue weighted by molar-refractivity contribution is 0.655. The minimum atomic E-state index is 0. The van der Waals surface area contributed by atoms with Gasteiger partial charge in [-0.3, -0.25) is 9.25 Å². The van der Waals surface area contributed by atoms with Crippen molar-refractivity contribution < 1.29 is 5.48 Å². The zero-order valence-corrected chi connectivity index (χ0v) is 16.7. The fourth-order valence-corrected chi connectivity index (χ4v) is 3.94. The minimum absolute atomic E-state index is 0. The molecule has 0 amide bonds. The van der Waals surface area contributed by atoms with Crippen LogP contribution >= 0.6 is 11.8 Å². The smallest absolute Gasteiger partial charge is 0.196 e. The van der Waals surface area contributed by atoms with Crippen LogP contribution in [0.15, 0.2) is 71.9 Å². The van der Waals surface area contributed by atoms with Crippen molar-refractivity contribution in [2.45, 2.75) is 31.3 Å². The van der Waals surface area contributed by atoms with E-state index in [2.05, 4.69) is 69.3 Å². The van der Waals surface area contributed by atoms with Crippen molar-refractivity contribution in [3.8, 4) is 17.2 Å². The van der Waals surface area contributed by atoms with E-state index in [0.29, 0.717) is 0 Å². The number of thioether (sulfide) groups is 1. The molecule has 2 heterocycles. The molecule has 0 spiro atoms. The number of nitrogens with zero attached hydrogens (tertiary/aromatic N) is 5. The first-order valence-corrected chi connectivity index (χ1v) is 9.97. The second-order valence-corrected chi connectivity index (χ2v) is 7.18. The maximum absolute atomic E-state index is 4.57. The van der Waals surface area contributed by atoms with Gasteiger partial charge >= 0.3 is 0 Å². The van der Waals surface area contributed by atoms with Gasteiger partial charge in [-0.25, -0.2) is 0 Å². The predicted molar refractivity (Wildman–Crippen MR) is 113 cm³/mol. The minimum Gasteiger partial charge on any atom is -0.412 e. The molecule has 4 rings (SSSR count). The van der Waals surface area contributed by atoms with Gasteiger partial charge in [-0.1, -0.05) is 60.3 Å². The van der Waals surface area contributed by atoms with E-state index in [1.807, 2.05) is 35.9 Å². The molecule has 144 valence electrons. The third-order valence-electron chi connectivity index (χ3n) is 4.29. The first-order chi connectivity index (χ1) is 13.3. The summed E-state index contributed by atoms with van der Waals surface area (Å²) in [5, 5.41) is 14.5. The largest absolute Gasteiger partial charge is 0.412 e. The van der Waals surface area contributed by atoms with Crippen molar-refractivity contribution in [1.82, 2.24) is 24.5 Å². The van der Waals surface area contributed by atoms with Crippen molar-refractivity contribution in [2.75, 3.05) is 0 Å². The van der Waals surface area contributed by atoms with Crippen LogP contribution in [0.5, 0.6) is 0 Å². The Hall–Kier alpha value is -2.90. The molecule has 2 aromatic carbocycles. The first kappa shape index (κ1) is 19.9. The summed E-state index contributed by atoms with van der Waals surface area (Å²) in [7, 11) is 0. The number of aryl methyl sites for hydroxylation is 2. The molecule has 6 nitrogen and oxygen atoms in total. The molecule has 2 N–H and O–H groups in total. The van der Waals surface area contributed by atoms with Crippen LogP contribution in [-0.2, 0) is 12.3 Å². The Kier molecular flexibility index (Phi) is 6.28. The summed E-state index contributed by atoms with van der Waals surface area (Å²) in [5.41, 5.74) is 4.28. The number of benzene rings is 2. The summed E-state index contributed by atoms with van der Waals surface area (Å²) >= 11 is 1.69. The van der Waals surface area contributed by atoms with Gasteiger partial charge in [0.2, 0.25) is 0 Å². The Morgan fingerprint density at radius 1 is 0.929 bits per heavy atom. The van der Waals surface area contributed by atoms with Gasteiger partial charge in [0.05, 0.1) is 5.69 Å². The number of rotatable bonds is 6. The van der Waals surface area contributed by atoms with Crippen LogP contribution in [0.4, 0.5) is 0 Å². The summed E-state index contributed by atoms with van der Waals surface area (Å²) < 4.78 is 4.10. The third-order valence-corrected chi connectivity index (χ3v) is 5.29. The van der Waals surface area contributed by atoms with Crippen molar-refractivity contribution in [3.05, 3.63) is 78.0 Å². The molecule has 4 aromatic rings. The second kappa shape index (κ2) is 8.86. The maximum Gasteiger partial charge on any atom is 0.196 e. The number of hydrogen-bond acceptors (Lipinski definition) is 4. The van der Waals surface area contributed by atoms with E-state index in [1.165, 1.54) is 5.56 Å². The van der Waals surface area contributed by atoms with Gasteiger partial charge in [-0.2, -0.15) is 5.10 Å². The zero-order chi connectivity index (χ0) is 18.6. The number of hydrogen-bond donors (Lipinski definition) is 0. The van der Waals surface area contributed by atoms with Crippen LogP contribution in [0, 0.1) is 6.92 Å². The van der Waals surface area contributed by atoms with Gasteiger partial charge in [0.15, 0.2) is 11.0 Å². The molecule has 0 fully saturated rings. The highest BCUT2D eigenvalue weighted by Gasteiger charge is 2.19. The van der Waals surface area contributed by atoms with Crippen molar-refractivity contribution >= 4 is 11.8 Å². The lowest BCUT2D eigenvalue weighted by Crippen LogP contribution is -2.05. The summed E-state index contributed by atoms with van der Waals surface area (Å²) in [6.45, 7) is 4.88. The summed E-state index contributed by atoms with van der Waals surface area (Å²) in [6, 6.07) is 22.7. The number of aromatic nitrogens is 5. The normalized spacial score (nSPS) is 10.6. The van der Waals surface area contributed by atoms with E-state index in [9.17, 15) is 0 Å². The van der Waals surface area contributed by atoms with Crippen LogP contribution in [0.2, 0.25) is 0 Å².